The molecule has 3 nitrogen and oxygen atoms in total. The minimum atomic E-state index is -2.97. The fraction of sp³-hybridized carbons (Fsp3) is 1.00. The van der Waals surface area contributed by atoms with Gasteiger partial charge in [0.2, 0.25) is 10.0 Å². The topological polar surface area (TPSA) is 37.4 Å². The number of hydrogen-bond acceptors (Lipinski definition) is 2. The molecule has 3 rings (SSSR count). The second-order valence-electron chi connectivity index (χ2n) is 6.14. The van der Waals surface area contributed by atoms with Crippen LogP contribution in [0.2, 0.25) is 0 Å². The van der Waals surface area contributed by atoms with E-state index in [0.29, 0.717) is 5.75 Å². The van der Waals surface area contributed by atoms with Gasteiger partial charge in [0.25, 0.3) is 0 Å². The van der Waals surface area contributed by atoms with Crippen molar-refractivity contribution in [1.82, 2.24) is 4.31 Å². The Bertz CT molecular complexity index is 414. The number of nitrogens with zero attached hydrogens (tertiary/aromatic N) is 1. The predicted molar refractivity (Wildman–Crippen MR) is 58.9 cm³/mol. The van der Waals surface area contributed by atoms with Crippen molar-refractivity contribution in [3.63, 3.8) is 0 Å². The molecule has 0 N–H and O–H groups in total. The molecule has 1 spiro atoms. The van der Waals surface area contributed by atoms with Gasteiger partial charge in [-0.3, -0.25) is 0 Å². The third-order valence-electron chi connectivity index (χ3n) is 5.71. The Hall–Kier alpha value is -0.0900. The maximum atomic E-state index is 12.0. The quantitative estimate of drug-likeness (QED) is 0.630. The lowest BCUT2D eigenvalue weighted by atomic mass is 9.69. The molecule has 0 aromatic carbocycles. The highest BCUT2D eigenvalue weighted by atomic mass is 32.2. The summed E-state index contributed by atoms with van der Waals surface area (Å²) >= 11 is 0. The first kappa shape index (κ1) is 10.1. The van der Waals surface area contributed by atoms with Crippen molar-refractivity contribution in [2.75, 3.05) is 12.8 Å². The molecule has 1 saturated heterocycles. The van der Waals surface area contributed by atoms with Gasteiger partial charge in [0, 0.05) is 18.5 Å². The summed E-state index contributed by atoms with van der Waals surface area (Å²) in [5.41, 5.74) is 0.279. The first-order chi connectivity index (χ1) is 6.81. The van der Waals surface area contributed by atoms with Crippen molar-refractivity contribution in [3.05, 3.63) is 0 Å². The Labute approximate surface area is 91.9 Å². The molecule has 0 amide bonds. The zero-order chi connectivity index (χ0) is 11.1. The molecule has 1 heterocycles. The minimum Gasteiger partial charge on any atom is -0.212 e. The van der Waals surface area contributed by atoms with Gasteiger partial charge in [0.05, 0.1) is 5.75 Å². The predicted octanol–water partition coefficient (Wildman–Crippen LogP) is 1.46. The van der Waals surface area contributed by atoms with Gasteiger partial charge in [-0.15, -0.1) is 0 Å². The van der Waals surface area contributed by atoms with Crippen LogP contribution in [0.1, 0.15) is 33.1 Å². The van der Waals surface area contributed by atoms with Crippen molar-refractivity contribution < 1.29 is 8.42 Å². The zero-order valence-corrected chi connectivity index (χ0v) is 10.5. The summed E-state index contributed by atoms with van der Waals surface area (Å²) in [7, 11) is -1.20. The second kappa shape index (κ2) is 2.43. The summed E-state index contributed by atoms with van der Waals surface area (Å²) < 4.78 is 25.6. The van der Waals surface area contributed by atoms with Crippen LogP contribution in [0.15, 0.2) is 0 Å². The summed E-state index contributed by atoms with van der Waals surface area (Å²) in [5, 5.41) is 0. The summed E-state index contributed by atoms with van der Waals surface area (Å²) in [6.07, 6.45) is 3.43. The molecule has 4 heteroatoms. The monoisotopic (exact) mass is 229 g/mol. The molecule has 15 heavy (non-hydrogen) atoms. The molecule has 86 valence electrons. The van der Waals surface area contributed by atoms with Crippen LogP contribution >= 0.6 is 0 Å². The van der Waals surface area contributed by atoms with Crippen LogP contribution in [0.5, 0.6) is 0 Å². The van der Waals surface area contributed by atoms with Gasteiger partial charge in [0.1, 0.15) is 0 Å². The van der Waals surface area contributed by atoms with Gasteiger partial charge < -0.3 is 0 Å². The minimum absolute atomic E-state index is 0.0608. The molecule has 0 aromatic heterocycles. The normalized spacial score (nSPS) is 50.9. The van der Waals surface area contributed by atoms with Crippen LogP contribution in [0, 0.1) is 16.7 Å². The van der Waals surface area contributed by atoms with Crippen molar-refractivity contribution in [3.8, 4) is 0 Å². The third kappa shape index (κ3) is 0.897. The van der Waals surface area contributed by atoms with Crippen LogP contribution in [0.4, 0.5) is 0 Å². The lowest BCUT2D eigenvalue weighted by Crippen LogP contribution is -2.40. The molecule has 0 radical (unpaired) electrons. The lowest BCUT2D eigenvalue weighted by Gasteiger charge is -2.36. The van der Waals surface area contributed by atoms with Gasteiger partial charge in [-0.2, -0.15) is 0 Å². The molecule has 2 bridgehead atoms. The Kier molecular flexibility index (Phi) is 1.63. The van der Waals surface area contributed by atoms with Crippen molar-refractivity contribution in [1.29, 1.82) is 0 Å². The first-order valence-corrected chi connectivity index (χ1v) is 7.38. The molecule has 3 aliphatic rings. The van der Waals surface area contributed by atoms with E-state index in [4.69, 9.17) is 0 Å². The maximum Gasteiger partial charge on any atom is 0.214 e. The summed E-state index contributed by atoms with van der Waals surface area (Å²) in [6.45, 7) is 4.55. The Morgan fingerprint density at radius 1 is 1.33 bits per heavy atom. The number of sulfonamides is 1. The average molecular weight is 229 g/mol. The molecule has 3 fully saturated rings. The number of rotatable bonds is 0. The second-order valence-corrected chi connectivity index (χ2v) is 8.17. The van der Waals surface area contributed by atoms with Crippen LogP contribution in [0.25, 0.3) is 0 Å². The molecular weight excluding hydrogens is 210 g/mol. The van der Waals surface area contributed by atoms with E-state index in [1.54, 1.807) is 11.4 Å². The molecule has 3 atom stereocenters. The van der Waals surface area contributed by atoms with Crippen molar-refractivity contribution in [2.45, 2.75) is 39.2 Å². The third-order valence-corrected chi connectivity index (χ3v) is 7.72. The van der Waals surface area contributed by atoms with Crippen LogP contribution in [-0.2, 0) is 10.0 Å². The number of fused-ring (bicyclic) bond motifs is 1. The van der Waals surface area contributed by atoms with E-state index in [1.807, 2.05) is 0 Å². The Morgan fingerprint density at radius 3 is 2.53 bits per heavy atom. The highest BCUT2D eigenvalue weighted by molar-refractivity contribution is 7.89. The molecule has 0 aromatic rings. The van der Waals surface area contributed by atoms with E-state index in [-0.39, 0.29) is 16.9 Å². The van der Waals surface area contributed by atoms with E-state index < -0.39 is 10.0 Å². The highest BCUT2D eigenvalue weighted by Crippen LogP contribution is 2.69. The van der Waals surface area contributed by atoms with Crippen molar-refractivity contribution in [2.24, 2.45) is 16.7 Å². The van der Waals surface area contributed by atoms with Crippen LogP contribution in [-0.4, -0.2) is 31.6 Å². The van der Waals surface area contributed by atoms with Gasteiger partial charge >= 0.3 is 0 Å². The fourth-order valence-corrected chi connectivity index (χ4v) is 6.74. The fourth-order valence-electron chi connectivity index (χ4n) is 4.50. The van der Waals surface area contributed by atoms with Gasteiger partial charge in [-0.1, -0.05) is 13.8 Å². The SMILES string of the molecule is CN1C2CC3CCC2(CS1(=O)=O)C3(C)C. The largest absolute Gasteiger partial charge is 0.214 e. The molecule has 2 aliphatic carbocycles. The standard InChI is InChI=1S/C11H19NO2S/c1-10(2)8-4-5-11(10)7-15(13,14)12(3)9(11)6-8/h8-9H,4-7H2,1-3H3. The smallest absolute Gasteiger partial charge is 0.212 e. The molecular formula is C11H19NO2S. The Balaban J connectivity index is 2.16. The van der Waals surface area contributed by atoms with Gasteiger partial charge in [-0.25, -0.2) is 12.7 Å². The number of hydrogen-bond donors (Lipinski definition) is 0. The molecule has 2 saturated carbocycles. The van der Waals surface area contributed by atoms with E-state index in [2.05, 4.69) is 13.8 Å². The Morgan fingerprint density at radius 2 is 2.00 bits per heavy atom. The first-order valence-electron chi connectivity index (χ1n) is 5.77. The van der Waals surface area contributed by atoms with E-state index >= 15 is 0 Å². The zero-order valence-electron chi connectivity index (χ0n) is 9.66. The van der Waals surface area contributed by atoms with Gasteiger partial charge in [0.15, 0.2) is 0 Å². The van der Waals surface area contributed by atoms with Crippen molar-refractivity contribution >= 4 is 10.0 Å². The van der Waals surface area contributed by atoms with Crippen LogP contribution in [0.3, 0.4) is 0 Å². The summed E-state index contributed by atoms with van der Waals surface area (Å²) in [6, 6.07) is 0.288. The van der Waals surface area contributed by atoms with E-state index in [1.165, 1.54) is 6.42 Å². The summed E-state index contributed by atoms with van der Waals surface area (Å²) in [5.74, 6) is 1.13. The maximum absolute atomic E-state index is 12.0. The van der Waals surface area contributed by atoms with Crippen LogP contribution < -0.4 is 0 Å². The highest BCUT2D eigenvalue weighted by Gasteiger charge is 2.70. The summed E-state index contributed by atoms with van der Waals surface area (Å²) in [4.78, 5) is 0. The molecule has 1 aliphatic heterocycles. The van der Waals surface area contributed by atoms with E-state index in [0.717, 1.165) is 18.8 Å². The van der Waals surface area contributed by atoms with Gasteiger partial charge in [-0.05, 0) is 30.6 Å². The lowest BCUT2D eigenvalue weighted by molar-refractivity contribution is 0.121. The molecule has 3 unspecified atom stereocenters. The average Bonchev–Trinajstić information content (AvgIpc) is 2.56. The van der Waals surface area contributed by atoms with E-state index in [9.17, 15) is 8.42 Å².